The van der Waals surface area contributed by atoms with Gasteiger partial charge in [-0.05, 0) is 18.2 Å². The molecule has 10 heavy (non-hydrogen) atoms. The van der Waals surface area contributed by atoms with E-state index in [0.717, 1.165) is 0 Å². The first kappa shape index (κ1) is 4.47. The van der Waals surface area contributed by atoms with Crippen LogP contribution in [0.5, 0.6) is 5.75 Å². The topological polar surface area (TPSA) is 9.23 Å². The van der Waals surface area contributed by atoms with Crippen LogP contribution in [0.3, 0.4) is 0 Å². The van der Waals surface area contributed by atoms with Crippen LogP contribution in [0.1, 0.15) is 4.11 Å². The Kier molecular flexibility index (Phi) is 1.40. The summed E-state index contributed by atoms with van der Waals surface area (Å²) in [6.45, 7) is 0. The van der Waals surface area contributed by atoms with Crippen molar-refractivity contribution >= 4 is 23.2 Å². The van der Waals surface area contributed by atoms with E-state index in [2.05, 4.69) is 4.74 Å². The lowest BCUT2D eigenvalue weighted by atomic mass is 10.3. The van der Waals surface area contributed by atoms with Crippen LogP contribution in [0.15, 0.2) is 18.2 Å². The third kappa shape index (κ3) is 1.55. The molecule has 0 aliphatic carbocycles. The smallest absolute Gasteiger partial charge is 0.137 e. The Morgan fingerprint density at radius 1 is 1.50 bits per heavy atom. The highest BCUT2D eigenvalue weighted by atomic mass is 35.5. The molecule has 0 aliphatic heterocycles. The summed E-state index contributed by atoms with van der Waals surface area (Å²) in [6, 6.07) is 4.34. The van der Waals surface area contributed by atoms with Gasteiger partial charge in [-0.1, -0.05) is 23.2 Å². The van der Waals surface area contributed by atoms with Gasteiger partial charge in [0.2, 0.25) is 0 Å². The van der Waals surface area contributed by atoms with E-state index in [9.17, 15) is 0 Å². The number of rotatable bonds is 1. The van der Waals surface area contributed by atoms with Gasteiger partial charge in [-0.15, -0.1) is 0 Å². The second-order valence-electron chi connectivity index (χ2n) is 1.68. The lowest BCUT2D eigenvalue weighted by Crippen LogP contribution is -1.82. The summed E-state index contributed by atoms with van der Waals surface area (Å²) < 4.78 is 25.1. The summed E-state index contributed by atoms with van der Waals surface area (Å²) in [5, 5.41) is 0.617. The maximum Gasteiger partial charge on any atom is 0.137 e. The van der Waals surface area contributed by atoms with Crippen LogP contribution >= 0.6 is 23.2 Å². The Labute approximate surface area is 73.7 Å². The van der Waals surface area contributed by atoms with Gasteiger partial charge in [0, 0.05) is 5.02 Å². The molecule has 0 spiro atoms. The molecule has 1 nitrogen and oxygen atoms in total. The molecule has 0 radical (unpaired) electrons. The molecule has 0 atom stereocenters. The second kappa shape index (κ2) is 3.13. The van der Waals surface area contributed by atoms with Gasteiger partial charge in [0.05, 0.1) is 16.2 Å². The highest BCUT2D eigenvalue weighted by molar-refractivity contribution is 6.35. The third-order valence-corrected chi connectivity index (χ3v) is 1.53. The molecule has 54 valence electrons. The molecule has 3 heteroatoms. The van der Waals surface area contributed by atoms with Gasteiger partial charge < -0.3 is 4.74 Å². The molecule has 0 saturated carbocycles. The van der Waals surface area contributed by atoms with E-state index < -0.39 is 7.04 Å². The summed E-state index contributed by atoms with van der Waals surface area (Å²) in [6.07, 6.45) is 0. The minimum Gasteiger partial charge on any atom is -0.495 e. The minimum atomic E-state index is -2.49. The zero-order valence-corrected chi connectivity index (χ0v) is 6.41. The van der Waals surface area contributed by atoms with Crippen molar-refractivity contribution in [1.29, 1.82) is 0 Å². The molecule has 1 aromatic rings. The third-order valence-electron chi connectivity index (χ3n) is 1.00. The van der Waals surface area contributed by atoms with Gasteiger partial charge in [-0.25, -0.2) is 0 Å². The van der Waals surface area contributed by atoms with Crippen molar-refractivity contribution in [1.82, 2.24) is 0 Å². The molecule has 0 aromatic heterocycles. The van der Waals surface area contributed by atoms with Crippen molar-refractivity contribution in [2.24, 2.45) is 0 Å². The normalized spacial score (nSPS) is 15.2. The van der Waals surface area contributed by atoms with E-state index in [-0.39, 0.29) is 10.8 Å². The molecule has 0 fully saturated rings. The molecule has 0 bridgehead atoms. The Hall–Kier alpha value is -0.400. The maximum atomic E-state index is 6.84. The lowest BCUT2D eigenvalue weighted by Gasteiger charge is -2.00. The van der Waals surface area contributed by atoms with Crippen molar-refractivity contribution in [3.05, 3.63) is 28.2 Å². The predicted octanol–water partition coefficient (Wildman–Crippen LogP) is 3.00. The standard InChI is InChI=1S/C7H6Cl2O/c1-10-7-3-2-5(8)4-6(7)9/h2-4H,1H3/i1D3. The molecule has 0 amide bonds. The molecule has 0 heterocycles. The molecular weight excluding hydrogens is 171 g/mol. The van der Waals surface area contributed by atoms with Crippen molar-refractivity contribution in [3.63, 3.8) is 0 Å². The molecule has 0 N–H and O–H groups in total. The fraction of sp³-hybridized carbons (Fsp3) is 0.143. The van der Waals surface area contributed by atoms with Crippen LogP contribution in [-0.4, -0.2) is 7.04 Å². The van der Waals surface area contributed by atoms with E-state index >= 15 is 0 Å². The Morgan fingerprint density at radius 3 is 2.90 bits per heavy atom. The second-order valence-corrected chi connectivity index (χ2v) is 2.52. The van der Waals surface area contributed by atoms with E-state index in [1.54, 1.807) is 0 Å². The largest absolute Gasteiger partial charge is 0.495 e. The number of hydrogen-bond acceptors (Lipinski definition) is 1. The minimum absolute atomic E-state index is 0.103. The van der Waals surface area contributed by atoms with E-state index in [1.165, 1.54) is 18.2 Å². The fourth-order valence-corrected chi connectivity index (χ4v) is 1.01. The molecule has 1 rings (SSSR count). The van der Waals surface area contributed by atoms with Crippen molar-refractivity contribution < 1.29 is 8.85 Å². The number of benzene rings is 1. The quantitative estimate of drug-likeness (QED) is 0.645. The molecule has 0 unspecified atom stereocenters. The fourth-order valence-electron chi connectivity index (χ4n) is 0.558. The molecule has 0 aliphatic rings. The highest BCUT2D eigenvalue weighted by Gasteiger charge is 1.98. The highest BCUT2D eigenvalue weighted by Crippen LogP contribution is 2.26. The summed E-state index contributed by atoms with van der Waals surface area (Å²) in [5.74, 6) is 0.103. The van der Waals surface area contributed by atoms with Gasteiger partial charge in [0.15, 0.2) is 0 Å². The van der Waals surface area contributed by atoms with Crippen LogP contribution < -0.4 is 4.74 Å². The first-order valence-corrected chi connectivity index (χ1v) is 3.28. The summed E-state index contributed by atoms with van der Waals surface area (Å²) in [5.41, 5.74) is 0. The Balaban J connectivity index is 2.90. The number of halogens is 2. The Morgan fingerprint density at radius 2 is 2.30 bits per heavy atom. The Bertz CT molecular complexity index is 311. The molecule has 1 aromatic carbocycles. The van der Waals surface area contributed by atoms with Gasteiger partial charge in [0.1, 0.15) is 5.75 Å². The van der Waals surface area contributed by atoms with Crippen LogP contribution in [0.25, 0.3) is 0 Å². The first-order chi connectivity index (χ1) is 5.88. The van der Waals surface area contributed by atoms with Gasteiger partial charge in [-0.3, -0.25) is 0 Å². The molecular formula is C7H6Cl2O. The lowest BCUT2D eigenvalue weighted by molar-refractivity contribution is 0.415. The number of hydrogen-bond donors (Lipinski definition) is 0. The van der Waals surface area contributed by atoms with Gasteiger partial charge in [-0.2, -0.15) is 0 Å². The van der Waals surface area contributed by atoms with Crippen molar-refractivity contribution in [3.8, 4) is 5.75 Å². The van der Waals surface area contributed by atoms with Crippen molar-refractivity contribution in [2.75, 3.05) is 7.04 Å². The average molecular weight is 180 g/mol. The predicted molar refractivity (Wildman–Crippen MR) is 43.0 cm³/mol. The van der Waals surface area contributed by atoms with Crippen LogP contribution in [-0.2, 0) is 0 Å². The monoisotopic (exact) mass is 179 g/mol. The summed E-state index contributed by atoms with van der Waals surface area (Å²) >= 11 is 11.3. The first-order valence-electron chi connectivity index (χ1n) is 4.02. The van der Waals surface area contributed by atoms with Crippen LogP contribution in [0.4, 0.5) is 0 Å². The van der Waals surface area contributed by atoms with Gasteiger partial charge >= 0.3 is 0 Å². The number of methoxy groups -OCH3 is 1. The average Bonchev–Trinajstić information content (AvgIpc) is 1.93. The summed E-state index contributed by atoms with van der Waals surface area (Å²) in [7, 11) is -2.49. The maximum absolute atomic E-state index is 6.84. The SMILES string of the molecule is [2H]C([2H])([2H])Oc1ccc(Cl)cc1Cl. The summed E-state index contributed by atoms with van der Waals surface area (Å²) in [4.78, 5) is 0. The van der Waals surface area contributed by atoms with Gasteiger partial charge in [0.25, 0.3) is 0 Å². The van der Waals surface area contributed by atoms with Crippen molar-refractivity contribution in [2.45, 2.75) is 0 Å². The van der Waals surface area contributed by atoms with E-state index in [0.29, 0.717) is 5.02 Å². The van der Waals surface area contributed by atoms with Crippen LogP contribution in [0, 0.1) is 0 Å². The number of ether oxygens (including phenoxy) is 1. The zero-order chi connectivity index (χ0) is 10.1. The molecule has 0 saturated heterocycles. The van der Waals surface area contributed by atoms with E-state index in [4.69, 9.17) is 27.3 Å². The van der Waals surface area contributed by atoms with E-state index in [1.807, 2.05) is 0 Å². The zero-order valence-electron chi connectivity index (χ0n) is 7.90. The van der Waals surface area contributed by atoms with Crippen LogP contribution in [0.2, 0.25) is 10.0 Å².